The van der Waals surface area contributed by atoms with Crippen molar-refractivity contribution in [1.29, 1.82) is 0 Å². The van der Waals surface area contributed by atoms with E-state index in [1.807, 2.05) is 12.1 Å². The van der Waals surface area contributed by atoms with Crippen molar-refractivity contribution >= 4 is 0 Å². The van der Waals surface area contributed by atoms with Crippen LogP contribution in [0.3, 0.4) is 0 Å². The Kier molecular flexibility index (Phi) is 3.12. The monoisotopic (exact) mass is 234 g/mol. The molecule has 1 saturated carbocycles. The lowest BCUT2D eigenvalue weighted by Gasteiger charge is -2.34. The van der Waals surface area contributed by atoms with Crippen LogP contribution in [0, 0.1) is 11.7 Å². The lowest BCUT2D eigenvalue weighted by atomic mass is 10.1. The van der Waals surface area contributed by atoms with Crippen molar-refractivity contribution < 1.29 is 4.39 Å². The molecule has 1 saturated heterocycles. The highest BCUT2D eigenvalue weighted by Gasteiger charge is 2.33. The molecule has 1 aromatic carbocycles. The number of hydrogen-bond acceptors (Lipinski definition) is 2. The Morgan fingerprint density at radius 1 is 1.29 bits per heavy atom. The number of rotatable bonds is 3. The molecule has 1 heterocycles. The zero-order valence-corrected chi connectivity index (χ0v) is 10.0. The first-order valence-corrected chi connectivity index (χ1v) is 6.52. The van der Waals surface area contributed by atoms with Gasteiger partial charge in [-0.2, -0.15) is 0 Å². The summed E-state index contributed by atoms with van der Waals surface area (Å²) in [5.41, 5.74) is 0.823. The molecular weight excluding hydrogens is 215 g/mol. The second-order valence-electron chi connectivity index (χ2n) is 5.22. The minimum absolute atomic E-state index is 0.0750. The van der Waals surface area contributed by atoms with Gasteiger partial charge in [-0.15, -0.1) is 0 Å². The standard InChI is InChI=1S/C14H19FN2/c15-13-4-2-1-3-12(13)9-17-8-7-16-14(10-17)11-5-6-11/h1-4,11,14,16H,5-10H2. The van der Waals surface area contributed by atoms with Crippen LogP contribution >= 0.6 is 0 Å². The predicted octanol–water partition coefficient (Wildman–Crippen LogP) is 2.01. The topological polar surface area (TPSA) is 15.3 Å². The summed E-state index contributed by atoms with van der Waals surface area (Å²) in [4.78, 5) is 2.37. The van der Waals surface area contributed by atoms with Gasteiger partial charge in [0.05, 0.1) is 0 Å². The Hall–Kier alpha value is -0.930. The van der Waals surface area contributed by atoms with Crippen molar-refractivity contribution in [1.82, 2.24) is 10.2 Å². The minimum Gasteiger partial charge on any atom is -0.311 e. The summed E-state index contributed by atoms with van der Waals surface area (Å²) in [6.07, 6.45) is 2.73. The lowest BCUT2D eigenvalue weighted by Crippen LogP contribution is -2.51. The maximum atomic E-state index is 13.6. The van der Waals surface area contributed by atoms with Crippen LogP contribution in [0.25, 0.3) is 0 Å². The normalized spacial score (nSPS) is 26.1. The molecule has 1 aromatic rings. The lowest BCUT2D eigenvalue weighted by molar-refractivity contribution is 0.180. The van der Waals surface area contributed by atoms with Crippen molar-refractivity contribution in [3.05, 3.63) is 35.6 Å². The van der Waals surface area contributed by atoms with Gasteiger partial charge >= 0.3 is 0 Å². The zero-order chi connectivity index (χ0) is 11.7. The molecule has 1 atom stereocenters. The molecule has 0 radical (unpaired) electrons. The van der Waals surface area contributed by atoms with Crippen molar-refractivity contribution in [3.63, 3.8) is 0 Å². The van der Waals surface area contributed by atoms with E-state index in [0.717, 1.165) is 37.7 Å². The number of halogens is 1. The Bertz CT molecular complexity index is 390. The maximum absolute atomic E-state index is 13.6. The van der Waals surface area contributed by atoms with E-state index in [9.17, 15) is 4.39 Å². The quantitative estimate of drug-likeness (QED) is 0.860. The molecule has 17 heavy (non-hydrogen) atoms. The van der Waals surface area contributed by atoms with Gasteiger partial charge in [0.15, 0.2) is 0 Å². The first-order valence-electron chi connectivity index (χ1n) is 6.52. The van der Waals surface area contributed by atoms with Gasteiger partial charge in [-0.3, -0.25) is 4.90 Å². The molecule has 2 fully saturated rings. The van der Waals surface area contributed by atoms with Gasteiger partial charge in [-0.05, 0) is 24.8 Å². The Balaban J connectivity index is 1.62. The highest BCUT2D eigenvalue weighted by Crippen LogP contribution is 2.33. The van der Waals surface area contributed by atoms with E-state index < -0.39 is 0 Å². The molecule has 3 heteroatoms. The third kappa shape index (κ3) is 2.67. The Morgan fingerprint density at radius 2 is 2.12 bits per heavy atom. The fraction of sp³-hybridized carbons (Fsp3) is 0.571. The summed E-state index contributed by atoms with van der Waals surface area (Å²) in [6, 6.07) is 7.75. The fourth-order valence-electron chi connectivity index (χ4n) is 2.67. The SMILES string of the molecule is Fc1ccccc1CN1CCNC(C2CC2)C1. The van der Waals surface area contributed by atoms with Gasteiger partial charge in [-0.1, -0.05) is 18.2 Å². The van der Waals surface area contributed by atoms with Crippen LogP contribution < -0.4 is 5.32 Å². The first-order chi connectivity index (χ1) is 8.33. The van der Waals surface area contributed by atoms with Crippen LogP contribution in [0.1, 0.15) is 18.4 Å². The van der Waals surface area contributed by atoms with Crippen LogP contribution in [0.2, 0.25) is 0 Å². The maximum Gasteiger partial charge on any atom is 0.127 e. The average molecular weight is 234 g/mol. The summed E-state index contributed by atoms with van der Waals surface area (Å²) in [7, 11) is 0. The number of nitrogens with one attached hydrogen (secondary N) is 1. The van der Waals surface area contributed by atoms with Gasteiger partial charge < -0.3 is 5.32 Å². The van der Waals surface area contributed by atoms with Crippen molar-refractivity contribution in [2.45, 2.75) is 25.4 Å². The predicted molar refractivity (Wildman–Crippen MR) is 66.2 cm³/mol. The Labute approximate surface area is 102 Å². The molecule has 1 aliphatic heterocycles. The number of nitrogens with zero attached hydrogens (tertiary/aromatic N) is 1. The van der Waals surface area contributed by atoms with Crippen molar-refractivity contribution in [3.8, 4) is 0 Å². The van der Waals surface area contributed by atoms with Crippen LogP contribution in [0.4, 0.5) is 4.39 Å². The van der Waals surface area contributed by atoms with E-state index in [-0.39, 0.29) is 5.82 Å². The summed E-state index contributed by atoms with van der Waals surface area (Å²) >= 11 is 0. The zero-order valence-electron chi connectivity index (χ0n) is 10.0. The second kappa shape index (κ2) is 4.75. The molecule has 2 nitrogen and oxygen atoms in total. The molecule has 1 N–H and O–H groups in total. The van der Waals surface area contributed by atoms with Crippen molar-refractivity contribution in [2.75, 3.05) is 19.6 Å². The van der Waals surface area contributed by atoms with Gasteiger partial charge in [0, 0.05) is 37.8 Å². The first kappa shape index (κ1) is 11.2. The summed E-state index contributed by atoms with van der Waals surface area (Å²) in [5.74, 6) is 0.799. The third-order valence-corrected chi connectivity index (χ3v) is 3.83. The third-order valence-electron chi connectivity index (χ3n) is 3.83. The van der Waals surface area contributed by atoms with Crippen LogP contribution in [-0.4, -0.2) is 30.6 Å². The number of benzene rings is 1. The number of hydrogen-bond donors (Lipinski definition) is 1. The molecule has 0 spiro atoms. The fourth-order valence-corrected chi connectivity index (χ4v) is 2.67. The van der Waals surface area contributed by atoms with E-state index >= 15 is 0 Å². The van der Waals surface area contributed by atoms with Gasteiger partial charge in [-0.25, -0.2) is 4.39 Å². The molecule has 0 amide bonds. The summed E-state index contributed by atoms with van der Waals surface area (Å²) in [6.45, 7) is 3.88. The molecule has 2 aliphatic rings. The molecule has 1 unspecified atom stereocenters. The van der Waals surface area contributed by atoms with E-state index in [1.54, 1.807) is 12.1 Å². The highest BCUT2D eigenvalue weighted by molar-refractivity contribution is 5.17. The van der Waals surface area contributed by atoms with Crippen molar-refractivity contribution in [2.24, 2.45) is 5.92 Å². The minimum atomic E-state index is -0.0750. The largest absolute Gasteiger partial charge is 0.311 e. The smallest absolute Gasteiger partial charge is 0.127 e. The molecule has 1 aliphatic carbocycles. The highest BCUT2D eigenvalue weighted by atomic mass is 19.1. The molecule has 0 bridgehead atoms. The van der Waals surface area contributed by atoms with E-state index in [0.29, 0.717) is 6.04 Å². The van der Waals surface area contributed by atoms with Gasteiger partial charge in [0.1, 0.15) is 5.82 Å². The summed E-state index contributed by atoms with van der Waals surface area (Å²) < 4.78 is 13.6. The molecular formula is C14H19FN2. The average Bonchev–Trinajstić information content (AvgIpc) is 3.17. The van der Waals surface area contributed by atoms with Gasteiger partial charge in [0.2, 0.25) is 0 Å². The van der Waals surface area contributed by atoms with E-state index in [2.05, 4.69) is 10.2 Å². The Morgan fingerprint density at radius 3 is 2.88 bits per heavy atom. The van der Waals surface area contributed by atoms with Crippen LogP contribution in [0.15, 0.2) is 24.3 Å². The van der Waals surface area contributed by atoms with Crippen LogP contribution in [0.5, 0.6) is 0 Å². The summed E-state index contributed by atoms with van der Waals surface area (Å²) in [5, 5.41) is 3.58. The molecule has 3 rings (SSSR count). The second-order valence-corrected chi connectivity index (χ2v) is 5.22. The van der Waals surface area contributed by atoms with E-state index in [1.165, 1.54) is 12.8 Å². The number of piperazine rings is 1. The van der Waals surface area contributed by atoms with Crippen LogP contribution in [-0.2, 0) is 6.54 Å². The molecule has 0 aromatic heterocycles. The van der Waals surface area contributed by atoms with E-state index in [4.69, 9.17) is 0 Å². The molecule has 92 valence electrons. The van der Waals surface area contributed by atoms with Gasteiger partial charge in [0.25, 0.3) is 0 Å².